The molecule has 0 saturated heterocycles. The van der Waals surface area contributed by atoms with Crippen LogP contribution in [0.15, 0.2) is 16.5 Å². The smallest absolute Gasteiger partial charge is 0.118 e. The molecule has 0 aliphatic carbocycles. The van der Waals surface area contributed by atoms with E-state index in [4.69, 9.17) is 10.2 Å². The summed E-state index contributed by atoms with van der Waals surface area (Å²) < 4.78 is 5.49. The Balaban J connectivity index is 2.53. The molecule has 13 heavy (non-hydrogen) atoms. The molecule has 3 nitrogen and oxygen atoms in total. The number of nitrogens with two attached hydrogens (primary N) is 1. The molecule has 0 atom stereocenters. The summed E-state index contributed by atoms with van der Waals surface area (Å²) in [6, 6.07) is 4.45. The first-order valence-corrected chi connectivity index (χ1v) is 4.61. The van der Waals surface area contributed by atoms with Crippen molar-refractivity contribution in [3.05, 3.63) is 23.7 Å². The van der Waals surface area contributed by atoms with Gasteiger partial charge in [-0.05, 0) is 33.0 Å². The normalized spacial score (nSPS) is 11.5. The van der Waals surface area contributed by atoms with Gasteiger partial charge in [0.1, 0.15) is 11.5 Å². The number of hydrogen-bond donors (Lipinski definition) is 1. The van der Waals surface area contributed by atoms with E-state index in [0.29, 0.717) is 12.6 Å². The summed E-state index contributed by atoms with van der Waals surface area (Å²) in [5.74, 6) is 1.84. The van der Waals surface area contributed by atoms with Gasteiger partial charge in [-0.15, -0.1) is 0 Å². The Morgan fingerprint density at radius 3 is 2.46 bits per heavy atom. The molecule has 74 valence electrons. The van der Waals surface area contributed by atoms with Gasteiger partial charge in [0, 0.05) is 6.04 Å². The van der Waals surface area contributed by atoms with E-state index in [1.807, 2.05) is 12.1 Å². The van der Waals surface area contributed by atoms with Crippen molar-refractivity contribution in [3.63, 3.8) is 0 Å². The van der Waals surface area contributed by atoms with Crippen molar-refractivity contribution in [1.82, 2.24) is 4.90 Å². The van der Waals surface area contributed by atoms with Gasteiger partial charge < -0.3 is 10.2 Å². The first-order chi connectivity index (χ1) is 6.13. The Morgan fingerprint density at radius 1 is 1.38 bits per heavy atom. The zero-order chi connectivity index (χ0) is 9.84. The van der Waals surface area contributed by atoms with Crippen molar-refractivity contribution in [1.29, 1.82) is 0 Å². The van der Waals surface area contributed by atoms with Crippen LogP contribution in [0.25, 0.3) is 0 Å². The lowest BCUT2D eigenvalue weighted by Crippen LogP contribution is -2.25. The second kappa shape index (κ2) is 4.44. The predicted molar refractivity (Wildman–Crippen MR) is 53.2 cm³/mol. The maximum absolute atomic E-state index is 5.49. The highest BCUT2D eigenvalue weighted by atomic mass is 16.3. The van der Waals surface area contributed by atoms with Gasteiger partial charge in [-0.25, -0.2) is 0 Å². The molecular formula is C10H18N2O. The van der Waals surface area contributed by atoms with Crippen LogP contribution in [0.1, 0.15) is 25.4 Å². The van der Waals surface area contributed by atoms with E-state index in [2.05, 4.69) is 25.8 Å². The standard InChI is InChI=1S/C10H18N2O/c1-8(2)12(3)7-10-5-4-9(6-11)13-10/h4-5,8H,6-7,11H2,1-3H3. The van der Waals surface area contributed by atoms with E-state index in [0.717, 1.165) is 18.1 Å². The van der Waals surface area contributed by atoms with E-state index in [1.165, 1.54) is 0 Å². The van der Waals surface area contributed by atoms with Gasteiger partial charge in [0.15, 0.2) is 0 Å². The SMILES string of the molecule is CC(C)N(C)Cc1ccc(CN)o1. The Morgan fingerprint density at radius 2 is 2.00 bits per heavy atom. The molecule has 0 radical (unpaired) electrons. The summed E-state index contributed by atoms with van der Waals surface area (Å²) in [7, 11) is 2.08. The largest absolute Gasteiger partial charge is 0.463 e. The Kier molecular flexibility index (Phi) is 3.51. The van der Waals surface area contributed by atoms with Crippen molar-refractivity contribution in [2.75, 3.05) is 7.05 Å². The fraction of sp³-hybridized carbons (Fsp3) is 0.600. The molecule has 0 spiro atoms. The van der Waals surface area contributed by atoms with Crippen LogP contribution in [0, 0.1) is 0 Å². The van der Waals surface area contributed by atoms with Gasteiger partial charge in [-0.1, -0.05) is 0 Å². The van der Waals surface area contributed by atoms with Gasteiger partial charge >= 0.3 is 0 Å². The molecule has 0 unspecified atom stereocenters. The summed E-state index contributed by atoms with van der Waals surface area (Å²) in [6.07, 6.45) is 0. The molecule has 3 heteroatoms. The van der Waals surface area contributed by atoms with Crippen molar-refractivity contribution >= 4 is 0 Å². The van der Waals surface area contributed by atoms with E-state index in [1.54, 1.807) is 0 Å². The van der Waals surface area contributed by atoms with E-state index >= 15 is 0 Å². The maximum Gasteiger partial charge on any atom is 0.118 e. The van der Waals surface area contributed by atoms with E-state index < -0.39 is 0 Å². The molecule has 0 aliphatic rings. The minimum atomic E-state index is 0.478. The quantitative estimate of drug-likeness (QED) is 0.768. The summed E-state index contributed by atoms with van der Waals surface area (Å²) in [5, 5.41) is 0. The number of furan rings is 1. The lowest BCUT2D eigenvalue weighted by molar-refractivity contribution is 0.241. The van der Waals surface area contributed by atoms with Crippen LogP contribution < -0.4 is 5.73 Å². The highest BCUT2D eigenvalue weighted by molar-refractivity contribution is 5.06. The predicted octanol–water partition coefficient (Wildman–Crippen LogP) is 1.58. The van der Waals surface area contributed by atoms with Crippen molar-refractivity contribution in [2.24, 2.45) is 5.73 Å². The summed E-state index contributed by atoms with van der Waals surface area (Å²) in [6.45, 7) is 5.64. The summed E-state index contributed by atoms with van der Waals surface area (Å²) >= 11 is 0. The molecule has 0 fully saturated rings. The fourth-order valence-electron chi connectivity index (χ4n) is 1.05. The minimum Gasteiger partial charge on any atom is -0.463 e. The Hall–Kier alpha value is -0.800. The van der Waals surface area contributed by atoms with E-state index in [9.17, 15) is 0 Å². The molecule has 1 rings (SSSR count). The zero-order valence-electron chi connectivity index (χ0n) is 8.58. The third-order valence-electron chi connectivity index (χ3n) is 2.21. The fourth-order valence-corrected chi connectivity index (χ4v) is 1.05. The second-order valence-corrected chi connectivity index (χ2v) is 3.58. The number of nitrogens with zero attached hydrogens (tertiary/aromatic N) is 1. The first-order valence-electron chi connectivity index (χ1n) is 4.61. The summed E-state index contributed by atoms with van der Waals surface area (Å²) in [5.41, 5.74) is 5.45. The molecule has 2 N–H and O–H groups in total. The van der Waals surface area contributed by atoms with Gasteiger partial charge in [-0.2, -0.15) is 0 Å². The molecule has 0 aromatic carbocycles. The van der Waals surface area contributed by atoms with Crippen LogP contribution in [-0.2, 0) is 13.1 Å². The van der Waals surface area contributed by atoms with Crippen LogP contribution in [-0.4, -0.2) is 18.0 Å². The van der Waals surface area contributed by atoms with Gasteiger partial charge in [0.2, 0.25) is 0 Å². The second-order valence-electron chi connectivity index (χ2n) is 3.58. The van der Waals surface area contributed by atoms with E-state index in [-0.39, 0.29) is 0 Å². The Bertz CT molecular complexity index is 255. The molecule has 1 aromatic heterocycles. The zero-order valence-corrected chi connectivity index (χ0v) is 8.58. The van der Waals surface area contributed by atoms with Crippen molar-refractivity contribution in [3.8, 4) is 0 Å². The maximum atomic E-state index is 5.49. The van der Waals surface area contributed by atoms with Gasteiger partial charge in [0.25, 0.3) is 0 Å². The van der Waals surface area contributed by atoms with Crippen molar-refractivity contribution in [2.45, 2.75) is 33.0 Å². The number of hydrogen-bond acceptors (Lipinski definition) is 3. The average Bonchev–Trinajstić information content (AvgIpc) is 2.52. The third-order valence-corrected chi connectivity index (χ3v) is 2.21. The molecule has 1 aromatic rings. The average molecular weight is 182 g/mol. The molecular weight excluding hydrogens is 164 g/mol. The van der Waals surface area contributed by atoms with Gasteiger partial charge in [-0.3, -0.25) is 4.90 Å². The number of rotatable bonds is 4. The van der Waals surface area contributed by atoms with Gasteiger partial charge in [0.05, 0.1) is 13.1 Å². The monoisotopic (exact) mass is 182 g/mol. The highest BCUT2D eigenvalue weighted by Gasteiger charge is 2.06. The Labute approximate surface area is 79.5 Å². The van der Waals surface area contributed by atoms with Crippen LogP contribution >= 0.6 is 0 Å². The molecule has 0 saturated carbocycles. The van der Waals surface area contributed by atoms with Crippen LogP contribution in [0.4, 0.5) is 0 Å². The molecule has 0 bridgehead atoms. The third kappa shape index (κ3) is 2.86. The van der Waals surface area contributed by atoms with Crippen LogP contribution in [0.5, 0.6) is 0 Å². The molecule has 0 aliphatic heterocycles. The lowest BCUT2D eigenvalue weighted by atomic mass is 10.3. The molecule has 0 amide bonds. The molecule has 1 heterocycles. The minimum absolute atomic E-state index is 0.478. The highest BCUT2D eigenvalue weighted by Crippen LogP contribution is 2.10. The van der Waals surface area contributed by atoms with Crippen molar-refractivity contribution < 1.29 is 4.42 Å². The topological polar surface area (TPSA) is 42.4 Å². The lowest BCUT2D eigenvalue weighted by Gasteiger charge is -2.19. The first kappa shape index (κ1) is 10.3. The summed E-state index contributed by atoms with van der Waals surface area (Å²) in [4.78, 5) is 2.22. The van der Waals surface area contributed by atoms with Crippen LogP contribution in [0.3, 0.4) is 0 Å². The van der Waals surface area contributed by atoms with Crippen LogP contribution in [0.2, 0.25) is 0 Å².